The van der Waals surface area contributed by atoms with Crippen molar-refractivity contribution in [1.82, 2.24) is 19.4 Å². The molecule has 47 heavy (non-hydrogen) atoms. The molecule has 4 aromatic heterocycles. The van der Waals surface area contributed by atoms with Crippen LogP contribution in [-0.4, -0.2) is 44.7 Å². The fourth-order valence-corrected chi connectivity index (χ4v) is 8.52. The van der Waals surface area contributed by atoms with E-state index in [9.17, 15) is 9.90 Å². The molecule has 0 amide bonds. The first-order chi connectivity index (χ1) is 22.8. The first kappa shape index (κ1) is 31.0. The van der Waals surface area contributed by atoms with Gasteiger partial charge in [-0.15, -0.1) is 22.7 Å². The number of fused-ring (bicyclic) bond motifs is 2. The maximum atomic E-state index is 12.7. The van der Waals surface area contributed by atoms with Crippen LogP contribution in [0.4, 0.5) is 0 Å². The summed E-state index contributed by atoms with van der Waals surface area (Å²) in [6.07, 6.45) is 0. The predicted octanol–water partition coefficient (Wildman–Crippen LogP) is 9.26. The first-order valence-electron chi connectivity index (χ1n) is 15.4. The lowest BCUT2D eigenvalue weighted by Gasteiger charge is -2.18. The second-order valence-corrected chi connectivity index (χ2v) is 14.0. The van der Waals surface area contributed by atoms with Crippen LogP contribution < -0.4 is 0 Å². The molecule has 0 fully saturated rings. The minimum Gasteiger partial charge on any atom is -0.477 e. The van der Waals surface area contributed by atoms with Crippen LogP contribution in [-0.2, 0) is 24.6 Å². The summed E-state index contributed by atoms with van der Waals surface area (Å²) in [5, 5.41) is 12.5. The number of aromatic nitrogens is 3. The van der Waals surface area contributed by atoms with Gasteiger partial charge in [0.25, 0.3) is 0 Å². The molecule has 3 aromatic carbocycles. The van der Waals surface area contributed by atoms with Crippen LogP contribution in [0.25, 0.3) is 54.1 Å². The van der Waals surface area contributed by atoms with E-state index in [2.05, 4.69) is 69.0 Å². The van der Waals surface area contributed by atoms with Gasteiger partial charge in [-0.2, -0.15) is 0 Å². The molecule has 0 saturated heterocycles. The van der Waals surface area contributed by atoms with Gasteiger partial charge in [-0.3, -0.25) is 4.90 Å². The van der Waals surface area contributed by atoms with Crippen LogP contribution in [0.5, 0.6) is 0 Å². The van der Waals surface area contributed by atoms with E-state index in [0.29, 0.717) is 18.0 Å². The Kier molecular flexibility index (Phi) is 8.46. The number of thiazole rings is 1. The van der Waals surface area contributed by atoms with Crippen molar-refractivity contribution < 1.29 is 14.6 Å². The van der Waals surface area contributed by atoms with Crippen molar-refractivity contribution in [2.24, 2.45) is 0 Å². The molecule has 9 heteroatoms. The lowest BCUT2D eigenvalue weighted by atomic mass is 9.99. The maximum absolute atomic E-state index is 12.7. The number of aryl methyl sites for hydroxylation is 2. The molecule has 0 aliphatic rings. The van der Waals surface area contributed by atoms with Gasteiger partial charge >= 0.3 is 5.97 Å². The summed E-state index contributed by atoms with van der Waals surface area (Å²) in [7, 11) is 3.71. The third-order valence-electron chi connectivity index (χ3n) is 8.32. The van der Waals surface area contributed by atoms with Gasteiger partial charge in [0.15, 0.2) is 0 Å². The SMILES string of the molecule is COCn1c(-c2ccc3nc(-c4sc(C)nc4C)ccc3c2)c(-c2ccccc2)c2sc(C(=O)O)c(CN(C)Cc3ccccc3)c21. The molecule has 0 atom stereocenters. The number of thiophene rings is 1. The standard InChI is InChI=1S/C38H34N4O3S2/c1-23-35(46-24(2)39-23)31-18-15-27-19-28(16-17-30(27)40-31)33-32(26-13-9-6-10-14-26)37-34(42(33)22-45-4)29(36(47-37)38(43)44)21-41(3)20-25-11-7-5-8-12-25/h5-19H,20-22H2,1-4H3,(H,43,44). The molecule has 7 aromatic rings. The van der Waals surface area contributed by atoms with Gasteiger partial charge in [0.1, 0.15) is 11.6 Å². The van der Waals surface area contributed by atoms with Gasteiger partial charge in [0.05, 0.1) is 42.7 Å². The summed E-state index contributed by atoms with van der Waals surface area (Å²) in [5.41, 5.74) is 9.70. The highest BCUT2D eigenvalue weighted by atomic mass is 32.1. The molecule has 0 bridgehead atoms. The molecular weight excluding hydrogens is 625 g/mol. The Bertz CT molecular complexity index is 2240. The topological polar surface area (TPSA) is 80.5 Å². The molecule has 4 heterocycles. The second kappa shape index (κ2) is 12.8. The van der Waals surface area contributed by atoms with E-state index in [1.54, 1.807) is 18.4 Å². The minimum absolute atomic E-state index is 0.267. The van der Waals surface area contributed by atoms with Crippen molar-refractivity contribution in [3.63, 3.8) is 0 Å². The molecule has 0 spiro atoms. The van der Waals surface area contributed by atoms with Crippen LogP contribution in [0.2, 0.25) is 0 Å². The highest BCUT2D eigenvalue weighted by Gasteiger charge is 2.29. The minimum atomic E-state index is -0.919. The predicted molar refractivity (Wildman–Crippen MR) is 192 cm³/mol. The summed E-state index contributed by atoms with van der Waals surface area (Å²) < 4.78 is 8.92. The van der Waals surface area contributed by atoms with Crippen LogP contribution >= 0.6 is 22.7 Å². The smallest absolute Gasteiger partial charge is 0.346 e. The summed E-state index contributed by atoms with van der Waals surface area (Å²) >= 11 is 3.00. The normalized spacial score (nSPS) is 11.7. The molecule has 0 aliphatic carbocycles. The number of carbonyl (C=O) groups is 1. The van der Waals surface area contributed by atoms with E-state index < -0.39 is 5.97 Å². The molecule has 7 rings (SSSR count). The van der Waals surface area contributed by atoms with Crippen LogP contribution in [0.3, 0.4) is 0 Å². The summed E-state index contributed by atoms with van der Waals surface area (Å²) in [4.78, 5) is 26.0. The van der Waals surface area contributed by atoms with Gasteiger partial charge in [0.2, 0.25) is 0 Å². The Balaban J connectivity index is 1.42. The Morgan fingerprint density at radius 3 is 2.32 bits per heavy atom. The molecule has 1 N–H and O–H groups in total. The van der Waals surface area contributed by atoms with Crippen molar-refractivity contribution in [2.45, 2.75) is 33.7 Å². The number of hydrogen-bond acceptors (Lipinski definition) is 7. The summed E-state index contributed by atoms with van der Waals surface area (Å²) in [6, 6.07) is 31.0. The number of carboxylic acids is 1. The van der Waals surface area contributed by atoms with Crippen molar-refractivity contribution in [3.05, 3.63) is 118 Å². The maximum Gasteiger partial charge on any atom is 0.346 e. The number of methoxy groups -OCH3 is 1. The molecule has 236 valence electrons. The second-order valence-electron chi connectivity index (χ2n) is 11.7. The monoisotopic (exact) mass is 658 g/mol. The van der Waals surface area contributed by atoms with Gasteiger partial charge in [-0.25, -0.2) is 14.8 Å². The zero-order valence-electron chi connectivity index (χ0n) is 26.7. The largest absolute Gasteiger partial charge is 0.477 e. The zero-order chi connectivity index (χ0) is 32.7. The number of hydrogen-bond donors (Lipinski definition) is 1. The lowest BCUT2D eigenvalue weighted by Crippen LogP contribution is -2.19. The van der Waals surface area contributed by atoms with Crippen molar-refractivity contribution in [3.8, 4) is 33.0 Å². The highest BCUT2D eigenvalue weighted by molar-refractivity contribution is 7.21. The van der Waals surface area contributed by atoms with Crippen molar-refractivity contribution in [1.29, 1.82) is 0 Å². The molecular formula is C38H34N4O3S2. The molecule has 0 aliphatic heterocycles. The lowest BCUT2D eigenvalue weighted by molar-refractivity contribution is 0.0700. The number of pyridine rings is 1. The fourth-order valence-electron chi connectivity index (χ4n) is 6.41. The van der Waals surface area contributed by atoms with E-state index in [1.807, 2.05) is 57.3 Å². The number of aromatic carboxylic acids is 1. The number of ether oxygens (including phenoxy) is 1. The van der Waals surface area contributed by atoms with E-state index in [-0.39, 0.29) is 6.73 Å². The molecule has 0 saturated carbocycles. The van der Waals surface area contributed by atoms with Gasteiger partial charge in [-0.1, -0.05) is 72.8 Å². The van der Waals surface area contributed by atoms with Crippen molar-refractivity contribution >= 4 is 49.8 Å². The zero-order valence-corrected chi connectivity index (χ0v) is 28.3. The van der Waals surface area contributed by atoms with E-state index in [4.69, 9.17) is 9.72 Å². The third kappa shape index (κ3) is 5.87. The Morgan fingerprint density at radius 2 is 1.64 bits per heavy atom. The first-order valence-corrected chi connectivity index (χ1v) is 17.0. The summed E-state index contributed by atoms with van der Waals surface area (Å²) in [6.45, 7) is 5.48. The molecule has 0 unspecified atom stereocenters. The van der Waals surface area contributed by atoms with Gasteiger partial charge in [-0.05, 0) is 55.8 Å². The number of carboxylic acid groups (broad SMARTS) is 1. The average Bonchev–Trinajstić information content (AvgIpc) is 3.71. The van der Waals surface area contributed by atoms with Crippen LogP contribution in [0.15, 0.2) is 91.0 Å². The van der Waals surface area contributed by atoms with E-state index >= 15 is 0 Å². The molecule has 0 radical (unpaired) electrons. The van der Waals surface area contributed by atoms with Crippen molar-refractivity contribution in [2.75, 3.05) is 14.2 Å². The fraction of sp³-hybridized carbons (Fsp3) is 0.184. The number of benzene rings is 3. The van der Waals surface area contributed by atoms with Gasteiger partial charge in [0, 0.05) is 36.7 Å². The number of rotatable bonds is 10. The van der Waals surface area contributed by atoms with E-state index in [1.165, 1.54) is 16.9 Å². The van der Waals surface area contributed by atoms with E-state index in [0.717, 1.165) is 70.3 Å². The molecule has 7 nitrogen and oxygen atoms in total. The van der Waals surface area contributed by atoms with Crippen LogP contribution in [0, 0.1) is 13.8 Å². The van der Waals surface area contributed by atoms with Crippen LogP contribution in [0.1, 0.15) is 31.5 Å². The Morgan fingerprint density at radius 1 is 0.894 bits per heavy atom. The van der Waals surface area contributed by atoms with Gasteiger partial charge < -0.3 is 14.4 Å². The Hall–Kier alpha value is -4.67. The average molecular weight is 659 g/mol. The quantitative estimate of drug-likeness (QED) is 0.158. The highest BCUT2D eigenvalue weighted by Crippen LogP contribution is 2.47. The third-order valence-corrected chi connectivity index (χ3v) is 10.6. The summed E-state index contributed by atoms with van der Waals surface area (Å²) in [5.74, 6) is -0.919. The Labute approximate surface area is 281 Å². The number of nitrogens with zero attached hydrogens (tertiary/aromatic N) is 4.